The molecule has 14 heavy (non-hydrogen) atoms. The average Bonchev–Trinajstić information content (AvgIpc) is 2.68. The van der Waals surface area contributed by atoms with E-state index in [9.17, 15) is 0 Å². The largest absolute Gasteiger partial charge is 0.347 e. The standard InChI is InChI=1S/C10H16O2S2/c1-8-7-11-9(2,12-8)3-4-10(8)13-5-6-14-10/h3-7H2,1-2H3/t8-,9-/m0/s1. The molecule has 0 amide bonds. The zero-order valence-electron chi connectivity index (χ0n) is 8.67. The summed E-state index contributed by atoms with van der Waals surface area (Å²) in [4.78, 5) is 0. The molecular weight excluding hydrogens is 216 g/mol. The number of hydrogen-bond donors (Lipinski definition) is 0. The Hall–Kier alpha value is 0.620. The molecule has 4 heteroatoms. The second-order valence-electron chi connectivity index (χ2n) is 4.71. The molecule has 0 N–H and O–H groups in total. The molecule has 0 aliphatic carbocycles. The Kier molecular flexibility index (Phi) is 1.99. The second kappa shape index (κ2) is 2.84. The van der Waals surface area contributed by atoms with Crippen molar-refractivity contribution in [1.29, 1.82) is 0 Å². The smallest absolute Gasteiger partial charge is 0.166 e. The maximum atomic E-state index is 6.15. The van der Waals surface area contributed by atoms with Crippen LogP contribution in [0.5, 0.6) is 0 Å². The van der Waals surface area contributed by atoms with Gasteiger partial charge in [0.2, 0.25) is 0 Å². The van der Waals surface area contributed by atoms with Crippen molar-refractivity contribution < 1.29 is 9.47 Å². The van der Waals surface area contributed by atoms with Crippen LogP contribution in [-0.4, -0.2) is 33.6 Å². The van der Waals surface area contributed by atoms with E-state index in [4.69, 9.17) is 9.47 Å². The summed E-state index contributed by atoms with van der Waals surface area (Å²) < 4.78 is 12.2. The third kappa shape index (κ3) is 1.14. The van der Waals surface area contributed by atoms with E-state index in [0.29, 0.717) is 0 Å². The fourth-order valence-electron chi connectivity index (χ4n) is 2.70. The van der Waals surface area contributed by atoms with Gasteiger partial charge in [-0.15, -0.1) is 23.5 Å². The van der Waals surface area contributed by atoms with E-state index in [1.807, 2.05) is 0 Å². The van der Waals surface area contributed by atoms with Crippen LogP contribution in [0.15, 0.2) is 0 Å². The first-order valence-corrected chi connectivity index (χ1v) is 7.17. The molecule has 3 aliphatic heterocycles. The molecule has 2 atom stereocenters. The Morgan fingerprint density at radius 1 is 1.07 bits per heavy atom. The minimum atomic E-state index is -0.288. The van der Waals surface area contributed by atoms with Crippen LogP contribution in [-0.2, 0) is 9.47 Å². The van der Waals surface area contributed by atoms with E-state index in [2.05, 4.69) is 37.4 Å². The SMILES string of the molecule is C[C@]12CCC3(SCCS3)[C@](C)(CO1)O2. The monoisotopic (exact) mass is 232 g/mol. The molecule has 2 nitrogen and oxygen atoms in total. The number of thioether (sulfide) groups is 2. The first-order valence-electron chi connectivity index (χ1n) is 5.20. The highest BCUT2D eigenvalue weighted by atomic mass is 32.2. The maximum absolute atomic E-state index is 6.15. The minimum absolute atomic E-state index is 0.0637. The van der Waals surface area contributed by atoms with E-state index in [-0.39, 0.29) is 15.5 Å². The van der Waals surface area contributed by atoms with Gasteiger partial charge >= 0.3 is 0 Å². The Bertz CT molecular complexity index is 265. The van der Waals surface area contributed by atoms with Crippen LogP contribution in [0, 0.1) is 0 Å². The topological polar surface area (TPSA) is 18.5 Å². The molecule has 1 spiro atoms. The van der Waals surface area contributed by atoms with Crippen LogP contribution in [0.4, 0.5) is 0 Å². The summed E-state index contributed by atoms with van der Waals surface area (Å²) >= 11 is 4.16. The molecule has 0 saturated carbocycles. The van der Waals surface area contributed by atoms with Crippen molar-refractivity contribution >= 4 is 23.5 Å². The molecule has 2 bridgehead atoms. The van der Waals surface area contributed by atoms with E-state index >= 15 is 0 Å². The van der Waals surface area contributed by atoms with E-state index < -0.39 is 0 Å². The van der Waals surface area contributed by atoms with Gasteiger partial charge in [-0.1, -0.05) is 0 Å². The number of hydrogen-bond acceptors (Lipinski definition) is 4. The fraction of sp³-hybridized carbons (Fsp3) is 1.00. The van der Waals surface area contributed by atoms with Gasteiger partial charge < -0.3 is 9.47 Å². The fourth-order valence-corrected chi connectivity index (χ4v) is 6.16. The van der Waals surface area contributed by atoms with Crippen LogP contribution >= 0.6 is 23.5 Å². The van der Waals surface area contributed by atoms with Crippen molar-refractivity contribution in [2.45, 2.75) is 42.2 Å². The molecule has 0 aromatic carbocycles. The molecule has 0 aromatic rings. The van der Waals surface area contributed by atoms with Gasteiger partial charge in [0.15, 0.2) is 5.79 Å². The summed E-state index contributed by atoms with van der Waals surface area (Å²) in [5, 5.41) is 0. The van der Waals surface area contributed by atoms with Crippen molar-refractivity contribution in [3.63, 3.8) is 0 Å². The highest BCUT2D eigenvalue weighted by Crippen LogP contribution is 2.62. The predicted molar refractivity (Wildman–Crippen MR) is 60.7 cm³/mol. The molecule has 80 valence electrons. The van der Waals surface area contributed by atoms with Gasteiger partial charge in [-0.25, -0.2) is 0 Å². The summed E-state index contributed by atoms with van der Waals surface area (Å²) in [6.45, 7) is 5.07. The zero-order chi connectivity index (χ0) is 9.86. The van der Waals surface area contributed by atoms with Crippen LogP contribution in [0.1, 0.15) is 26.7 Å². The van der Waals surface area contributed by atoms with Crippen molar-refractivity contribution in [3.8, 4) is 0 Å². The first kappa shape index (κ1) is 9.82. The van der Waals surface area contributed by atoms with Crippen LogP contribution in [0.3, 0.4) is 0 Å². The average molecular weight is 232 g/mol. The van der Waals surface area contributed by atoms with E-state index in [1.54, 1.807) is 0 Å². The molecule has 0 unspecified atom stereocenters. The molecule has 3 saturated heterocycles. The Morgan fingerprint density at radius 2 is 1.79 bits per heavy atom. The van der Waals surface area contributed by atoms with Crippen LogP contribution in [0.25, 0.3) is 0 Å². The quantitative estimate of drug-likeness (QED) is 0.638. The van der Waals surface area contributed by atoms with E-state index in [1.165, 1.54) is 17.9 Å². The second-order valence-corrected chi connectivity index (χ2v) is 7.75. The van der Waals surface area contributed by atoms with Crippen LogP contribution < -0.4 is 0 Å². The van der Waals surface area contributed by atoms with Gasteiger partial charge in [0, 0.05) is 17.9 Å². The maximum Gasteiger partial charge on any atom is 0.166 e. The van der Waals surface area contributed by atoms with Gasteiger partial charge in [-0.3, -0.25) is 0 Å². The number of ether oxygens (including phenoxy) is 2. The van der Waals surface area contributed by atoms with E-state index in [0.717, 1.165) is 13.0 Å². The van der Waals surface area contributed by atoms with Gasteiger partial charge in [-0.2, -0.15) is 0 Å². The summed E-state index contributed by atoms with van der Waals surface area (Å²) in [6, 6.07) is 0. The highest BCUT2D eigenvalue weighted by Gasteiger charge is 2.63. The minimum Gasteiger partial charge on any atom is -0.347 e. The molecule has 3 aliphatic rings. The van der Waals surface area contributed by atoms with Crippen molar-refractivity contribution in [2.24, 2.45) is 0 Å². The van der Waals surface area contributed by atoms with Gasteiger partial charge in [-0.05, 0) is 20.3 Å². The Labute approximate surface area is 93.5 Å². The van der Waals surface area contributed by atoms with Crippen molar-refractivity contribution in [3.05, 3.63) is 0 Å². The lowest BCUT2D eigenvalue weighted by Crippen LogP contribution is -2.53. The lowest BCUT2D eigenvalue weighted by Gasteiger charge is -2.46. The van der Waals surface area contributed by atoms with Crippen LogP contribution in [0.2, 0.25) is 0 Å². The van der Waals surface area contributed by atoms with Gasteiger partial charge in [0.1, 0.15) is 5.60 Å². The lowest BCUT2D eigenvalue weighted by molar-refractivity contribution is -0.196. The number of rotatable bonds is 0. The van der Waals surface area contributed by atoms with Gasteiger partial charge in [0.25, 0.3) is 0 Å². The highest BCUT2D eigenvalue weighted by molar-refractivity contribution is 8.21. The van der Waals surface area contributed by atoms with Crippen molar-refractivity contribution in [2.75, 3.05) is 18.1 Å². The summed E-state index contributed by atoms with van der Waals surface area (Å²) in [5.41, 5.74) is -0.0637. The molecule has 3 fully saturated rings. The molecule has 0 aromatic heterocycles. The van der Waals surface area contributed by atoms with Crippen molar-refractivity contribution in [1.82, 2.24) is 0 Å². The Morgan fingerprint density at radius 3 is 2.50 bits per heavy atom. The predicted octanol–water partition coefficient (Wildman–Crippen LogP) is 2.48. The number of fused-ring (bicyclic) bond motifs is 3. The summed E-state index contributed by atoms with van der Waals surface area (Å²) in [5.74, 6) is 2.24. The summed E-state index contributed by atoms with van der Waals surface area (Å²) in [6.07, 6.45) is 2.28. The zero-order valence-corrected chi connectivity index (χ0v) is 10.3. The summed E-state index contributed by atoms with van der Waals surface area (Å²) in [7, 11) is 0. The normalized spacial score (nSPS) is 50.1. The molecule has 3 rings (SSSR count). The molecule has 3 heterocycles. The third-order valence-corrected chi connectivity index (χ3v) is 7.55. The third-order valence-electron chi connectivity index (χ3n) is 3.56. The molecule has 0 radical (unpaired) electrons. The van der Waals surface area contributed by atoms with Gasteiger partial charge in [0.05, 0.1) is 10.7 Å². The molecular formula is C10H16O2S2. The Balaban J connectivity index is 1.95. The first-order chi connectivity index (χ1) is 6.58. The lowest BCUT2D eigenvalue weighted by atomic mass is 9.94.